The van der Waals surface area contributed by atoms with Gasteiger partial charge in [0.05, 0.1) is 6.42 Å². The van der Waals surface area contributed by atoms with Crippen LogP contribution in [0.2, 0.25) is 0 Å². The van der Waals surface area contributed by atoms with E-state index in [1.165, 1.54) is 12.3 Å². The molecule has 8 heteroatoms. The van der Waals surface area contributed by atoms with Crippen LogP contribution in [0, 0.1) is 13.8 Å². The molecule has 4 nitrogen and oxygen atoms in total. The summed E-state index contributed by atoms with van der Waals surface area (Å²) in [7, 11) is 0. The lowest BCUT2D eigenvalue weighted by atomic mass is 9.99. The molecule has 0 aliphatic heterocycles. The fourth-order valence-electron chi connectivity index (χ4n) is 2.36. The highest BCUT2D eigenvalue weighted by Crippen LogP contribution is 2.42. The van der Waals surface area contributed by atoms with E-state index in [9.17, 15) is 23.1 Å². The van der Waals surface area contributed by atoms with E-state index in [0.717, 1.165) is 11.1 Å². The minimum atomic E-state index is -5.00. The highest BCUT2D eigenvalue weighted by molar-refractivity contribution is 7.09. The lowest BCUT2D eigenvalue weighted by Crippen LogP contribution is -2.46. The second kappa shape index (κ2) is 7.53. The van der Waals surface area contributed by atoms with Crippen LogP contribution in [0.5, 0.6) is 0 Å². The third-order valence-electron chi connectivity index (χ3n) is 3.84. The zero-order chi connectivity index (χ0) is 18.7. The maximum absolute atomic E-state index is 13.3. The minimum absolute atomic E-state index is 0.189. The standard InChI is InChI=1S/C17H19F3N2O2S/c1-11-5-3-4-6-13(11)7-8-21-14(23)9-16(24,17(18,19)20)15-22-12(2)10-25-15/h3-6,10,24H,7-9H2,1-2H3,(H,21,23)/t16-/m0/s1. The van der Waals surface area contributed by atoms with E-state index in [0.29, 0.717) is 23.5 Å². The van der Waals surface area contributed by atoms with Gasteiger partial charge in [-0.25, -0.2) is 4.98 Å². The van der Waals surface area contributed by atoms with Crippen LogP contribution in [0.4, 0.5) is 13.2 Å². The Labute approximate surface area is 147 Å². The zero-order valence-electron chi connectivity index (χ0n) is 13.9. The lowest BCUT2D eigenvalue weighted by Gasteiger charge is -2.27. The maximum Gasteiger partial charge on any atom is 0.424 e. The number of carbonyl (C=O) groups excluding carboxylic acids is 1. The molecule has 0 saturated carbocycles. The van der Waals surface area contributed by atoms with Crippen LogP contribution in [0.25, 0.3) is 0 Å². The molecule has 25 heavy (non-hydrogen) atoms. The van der Waals surface area contributed by atoms with E-state index in [1.54, 1.807) is 0 Å². The van der Waals surface area contributed by atoms with Crippen molar-refractivity contribution >= 4 is 17.2 Å². The van der Waals surface area contributed by atoms with Crippen molar-refractivity contribution in [2.45, 2.75) is 38.5 Å². The number of hydrogen-bond acceptors (Lipinski definition) is 4. The molecule has 136 valence electrons. The number of halogens is 3. The summed E-state index contributed by atoms with van der Waals surface area (Å²) in [4.78, 5) is 15.7. The summed E-state index contributed by atoms with van der Waals surface area (Å²) in [6, 6.07) is 7.56. The summed E-state index contributed by atoms with van der Waals surface area (Å²) < 4.78 is 40.0. The topological polar surface area (TPSA) is 62.2 Å². The molecule has 0 bridgehead atoms. The van der Waals surface area contributed by atoms with Crippen molar-refractivity contribution in [3.05, 3.63) is 51.5 Å². The number of nitrogens with one attached hydrogen (secondary N) is 1. The van der Waals surface area contributed by atoms with Gasteiger partial charge >= 0.3 is 6.18 Å². The molecule has 0 unspecified atom stereocenters. The number of benzene rings is 1. The second-order valence-electron chi connectivity index (χ2n) is 5.86. The van der Waals surface area contributed by atoms with E-state index in [-0.39, 0.29) is 6.54 Å². The average Bonchev–Trinajstić information content (AvgIpc) is 2.95. The zero-order valence-corrected chi connectivity index (χ0v) is 14.7. The molecule has 1 amide bonds. The molecule has 2 N–H and O–H groups in total. The van der Waals surface area contributed by atoms with Crippen LogP contribution in [0.3, 0.4) is 0 Å². The van der Waals surface area contributed by atoms with E-state index < -0.39 is 29.1 Å². The number of thiazole rings is 1. The Morgan fingerprint density at radius 3 is 2.52 bits per heavy atom. The summed E-state index contributed by atoms with van der Waals surface area (Å²) in [5.74, 6) is -0.874. The molecule has 0 spiro atoms. The van der Waals surface area contributed by atoms with Gasteiger partial charge in [-0.2, -0.15) is 13.2 Å². The van der Waals surface area contributed by atoms with Crippen molar-refractivity contribution < 1.29 is 23.1 Å². The largest absolute Gasteiger partial charge is 0.424 e. The molecule has 0 aliphatic carbocycles. The van der Waals surface area contributed by atoms with Crippen molar-refractivity contribution in [2.24, 2.45) is 0 Å². The monoisotopic (exact) mass is 372 g/mol. The molecule has 0 fully saturated rings. The number of hydrogen-bond donors (Lipinski definition) is 2. The van der Waals surface area contributed by atoms with Gasteiger partial charge in [0.15, 0.2) is 0 Å². The molecular weight excluding hydrogens is 353 g/mol. The van der Waals surface area contributed by atoms with Crippen molar-refractivity contribution in [3.8, 4) is 0 Å². The number of aliphatic hydroxyl groups is 1. The molecule has 1 aromatic carbocycles. The quantitative estimate of drug-likeness (QED) is 0.818. The molecule has 2 rings (SSSR count). The Morgan fingerprint density at radius 1 is 1.28 bits per heavy atom. The summed E-state index contributed by atoms with van der Waals surface area (Å²) in [5, 5.41) is 13.4. The summed E-state index contributed by atoms with van der Waals surface area (Å²) in [6.45, 7) is 3.64. The van der Waals surface area contributed by atoms with Crippen molar-refractivity contribution in [3.63, 3.8) is 0 Å². The summed E-state index contributed by atoms with van der Waals surface area (Å²) in [5.41, 5.74) is -0.868. The van der Waals surface area contributed by atoms with Crippen LogP contribution in [0.15, 0.2) is 29.6 Å². The Morgan fingerprint density at radius 2 is 1.96 bits per heavy atom. The van der Waals surface area contributed by atoms with E-state index in [1.807, 2.05) is 31.2 Å². The van der Waals surface area contributed by atoms with Crippen LogP contribution in [-0.2, 0) is 16.8 Å². The van der Waals surface area contributed by atoms with Gasteiger partial charge in [0.2, 0.25) is 11.5 Å². The third kappa shape index (κ3) is 4.58. The Bertz CT molecular complexity index is 745. The Hall–Kier alpha value is -1.93. The Kier molecular flexibility index (Phi) is 5.84. The predicted molar refractivity (Wildman–Crippen MR) is 89.3 cm³/mol. The average molecular weight is 372 g/mol. The molecular formula is C17H19F3N2O2S. The fraction of sp³-hybridized carbons (Fsp3) is 0.412. The normalized spacial score (nSPS) is 14.2. The molecule has 1 atom stereocenters. The van der Waals surface area contributed by atoms with Gasteiger partial charge in [0, 0.05) is 17.6 Å². The van der Waals surface area contributed by atoms with Gasteiger partial charge in [-0.05, 0) is 31.4 Å². The predicted octanol–water partition coefficient (Wildman–Crippen LogP) is 3.26. The first-order chi connectivity index (χ1) is 11.6. The molecule has 1 aromatic heterocycles. The molecule has 0 aliphatic rings. The molecule has 1 heterocycles. The van der Waals surface area contributed by atoms with Crippen molar-refractivity contribution in [1.29, 1.82) is 0 Å². The van der Waals surface area contributed by atoms with Gasteiger partial charge in [-0.3, -0.25) is 4.79 Å². The van der Waals surface area contributed by atoms with Gasteiger partial charge in [-0.1, -0.05) is 24.3 Å². The number of amides is 1. The number of rotatable bonds is 6. The highest BCUT2D eigenvalue weighted by atomic mass is 32.1. The van der Waals surface area contributed by atoms with Crippen molar-refractivity contribution in [1.82, 2.24) is 10.3 Å². The smallest absolute Gasteiger partial charge is 0.374 e. The SMILES string of the molecule is Cc1csc([C@@](O)(CC(=O)NCCc2ccccc2C)C(F)(F)F)n1. The van der Waals surface area contributed by atoms with Crippen LogP contribution < -0.4 is 5.32 Å². The Balaban J connectivity index is 2.02. The van der Waals surface area contributed by atoms with Gasteiger partial charge in [0.1, 0.15) is 5.01 Å². The van der Waals surface area contributed by atoms with Crippen LogP contribution >= 0.6 is 11.3 Å². The van der Waals surface area contributed by atoms with Gasteiger partial charge in [-0.15, -0.1) is 11.3 Å². The number of aromatic nitrogens is 1. The van der Waals surface area contributed by atoms with E-state index >= 15 is 0 Å². The van der Waals surface area contributed by atoms with E-state index in [2.05, 4.69) is 10.3 Å². The van der Waals surface area contributed by atoms with Crippen LogP contribution in [0.1, 0.15) is 28.2 Å². The first-order valence-corrected chi connectivity index (χ1v) is 8.54. The number of nitrogens with zero attached hydrogens (tertiary/aromatic N) is 1. The second-order valence-corrected chi connectivity index (χ2v) is 6.71. The minimum Gasteiger partial charge on any atom is -0.374 e. The molecule has 0 saturated heterocycles. The number of aryl methyl sites for hydroxylation is 2. The van der Waals surface area contributed by atoms with Crippen LogP contribution in [-0.4, -0.2) is 28.7 Å². The lowest BCUT2D eigenvalue weighted by molar-refractivity contribution is -0.267. The van der Waals surface area contributed by atoms with Gasteiger partial charge < -0.3 is 10.4 Å². The van der Waals surface area contributed by atoms with Crippen molar-refractivity contribution in [2.75, 3.05) is 6.54 Å². The van der Waals surface area contributed by atoms with Gasteiger partial charge in [0.25, 0.3) is 0 Å². The van der Waals surface area contributed by atoms with E-state index in [4.69, 9.17) is 0 Å². The first-order valence-electron chi connectivity index (χ1n) is 7.66. The maximum atomic E-state index is 13.3. The first kappa shape index (κ1) is 19.4. The number of alkyl halides is 3. The summed E-state index contributed by atoms with van der Waals surface area (Å²) in [6.07, 6.45) is -5.61. The number of carbonyl (C=O) groups is 1. The molecule has 0 radical (unpaired) electrons. The summed E-state index contributed by atoms with van der Waals surface area (Å²) >= 11 is 0.687. The highest BCUT2D eigenvalue weighted by Gasteiger charge is 2.58. The molecule has 2 aromatic rings. The fourth-order valence-corrected chi connectivity index (χ4v) is 3.28. The third-order valence-corrected chi connectivity index (χ3v) is 4.95.